The maximum absolute atomic E-state index is 14.5. The molecule has 172 valence electrons. The van der Waals surface area contributed by atoms with Crippen molar-refractivity contribution in [3.05, 3.63) is 89.2 Å². The maximum atomic E-state index is 14.5. The van der Waals surface area contributed by atoms with Crippen molar-refractivity contribution in [2.45, 2.75) is 32.4 Å². The summed E-state index contributed by atoms with van der Waals surface area (Å²) in [6.45, 7) is 4.33. The summed E-state index contributed by atoms with van der Waals surface area (Å²) < 4.78 is 19.7. The van der Waals surface area contributed by atoms with Crippen LogP contribution in [0.5, 0.6) is 11.5 Å². The van der Waals surface area contributed by atoms with Crippen LogP contribution in [0.1, 0.15) is 34.3 Å². The second-order valence-corrected chi connectivity index (χ2v) is 8.51. The van der Waals surface area contributed by atoms with Crippen LogP contribution in [-0.2, 0) is 6.54 Å². The summed E-state index contributed by atoms with van der Waals surface area (Å²) in [5.74, 6) is -0.219. The zero-order chi connectivity index (χ0) is 23.4. The number of rotatable bonds is 6. The minimum Gasteiger partial charge on any atom is -0.504 e. The van der Waals surface area contributed by atoms with Gasteiger partial charge in [-0.1, -0.05) is 30.3 Å². The van der Waals surface area contributed by atoms with Crippen LogP contribution in [0, 0.1) is 12.7 Å². The Balaban J connectivity index is 1.52. The zero-order valence-corrected chi connectivity index (χ0v) is 19.0. The highest BCUT2D eigenvalue weighted by Gasteiger charge is 2.31. The molecule has 0 radical (unpaired) electrons. The predicted octanol–water partition coefficient (Wildman–Crippen LogP) is 5.16. The molecule has 1 aliphatic heterocycles. The van der Waals surface area contributed by atoms with Crippen LogP contribution in [0.25, 0.3) is 0 Å². The van der Waals surface area contributed by atoms with Gasteiger partial charge in [0.15, 0.2) is 11.5 Å². The van der Waals surface area contributed by atoms with E-state index in [2.05, 4.69) is 4.90 Å². The highest BCUT2D eigenvalue weighted by Crippen LogP contribution is 2.30. The summed E-state index contributed by atoms with van der Waals surface area (Å²) in [7, 11) is 1.54. The molecule has 1 fully saturated rings. The van der Waals surface area contributed by atoms with Crippen molar-refractivity contribution in [1.29, 1.82) is 0 Å². The van der Waals surface area contributed by atoms with Gasteiger partial charge in [-0.2, -0.15) is 0 Å². The first-order valence-corrected chi connectivity index (χ1v) is 11.2. The molecule has 0 spiro atoms. The SMILES string of the molecule is COc1cc(CN2CCC(N(C(=O)c3ccccc3F)c3cccc(C)c3)CC2)ccc1O. The predicted molar refractivity (Wildman–Crippen MR) is 127 cm³/mol. The summed E-state index contributed by atoms with van der Waals surface area (Å²) in [6.07, 6.45) is 1.56. The van der Waals surface area contributed by atoms with Crippen LogP contribution < -0.4 is 9.64 Å². The molecule has 5 nitrogen and oxygen atoms in total. The first-order valence-electron chi connectivity index (χ1n) is 11.2. The van der Waals surface area contributed by atoms with Crippen LogP contribution in [0.4, 0.5) is 10.1 Å². The van der Waals surface area contributed by atoms with E-state index in [1.165, 1.54) is 13.2 Å². The number of hydrogen-bond donors (Lipinski definition) is 1. The number of phenols is 1. The van der Waals surface area contributed by atoms with Crippen LogP contribution in [0.3, 0.4) is 0 Å². The molecule has 1 aliphatic rings. The van der Waals surface area contributed by atoms with E-state index in [0.717, 1.165) is 49.3 Å². The minimum atomic E-state index is -0.501. The Labute approximate surface area is 194 Å². The number of likely N-dealkylation sites (tertiary alicyclic amines) is 1. The van der Waals surface area contributed by atoms with Gasteiger partial charge < -0.3 is 14.7 Å². The van der Waals surface area contributed by atoms with Crippen molar-refractivity contribution in [2.75, 3.05) is 25.1 Å². The Morgan fingerprint density at radius 1 is 1.09 bits per heavy atom. The van der Waals surface area contributed by atoms with Gasteiger partial charge in [-0.15, -0.1) is 0 Å². The molecular formula is C27H29FN2O3. The first kappa shape index (κ1) is 22.8. The number of carbonyl (C=O) groups excluding carboxylic acids is 1. The highest BCUT2D eigenvalue weighted by atomic mass is 19.1. The van der Waals surface area contributed by atoms with Gasteiger partial charge in [0.05, 0.1) is 12.7 Å². The number of aryl methyl sites for hydroxylation is 1. The average molecular weight is 449 g/mol. The molecule has 33 heavy (non-hydrogen) atoms. The lowest BCUT2D eigenvalue weighted by molar-refractivity contribution is 0.0954. The smallest absolute Gasteiger partial charge is 0.261 e. The molecule has 6 heteroatoms. The number of amides is 1. The topological polar surface area (TPSA) is 53.0 Å². The van der Waals surface area contributed by atoms with Crippen molar-refractivity contribution in [1.82, 2.24) is 4.90 Å². The molecule has 4 rings (SSSR count). The van der Waals surface area contributed by atoms with Crippen LogP contribution >= 0.6 is 0 Å². The number of methoxy groups -OCH3 is 1. The van der Waals surface area contributed by atoms with Crippen LogP contribution in [0.2, 0.25) is 0 Å². The number of aromatic hydroxyl groups is 1. The van der Waals surface area contributed by atoms with Crippen LogP contribution in [0.15, 0.2) is 66.7 Å². The second kappa shape index (κ2) is 10.0. The van der Waals surface area contributed by atoms with Crippen molar-refractivity contribution in [3.8, 4) is 11.5 Å². The fourth-order valence-electron chi connectivity index (χ4n) is 4.45. The van der Waals surface area contributed by atoms with Crippen LogP contribution in [-0.4, -0.2) is 42.2 Å². The Morgan fingerprint density at radius 2 is 1.85 bits per heavy atom. The quantitative estimate of drug-likeness (QED) is 0.566. The Morgan fingerprint density at radius 3 is 2.55 bits per heavy atom. The second-order valence-electron chi connectivity index (χ2n) is 8.51. The summed E-state index contributed by atoms with van der Waals surface area (Å²) in [4.78, 5) is 17.6. The van der Waals surface area contributed by atoms with E-state index in [9.17, 15) is 14.3 Å². The lowest BCUT2D eigenvalue weighted by atomic mass is 9.99. The number of halogens is 1. The molecule has 0 bridgehead atoms. The van der Waals surface area contributed by atoms with Gasteiger partial charge >= 0.3 is 0 Å². The van der Waals surface area contributed by atoms with E-state index in [4.69, 9.17) is 4.74 Å². The maximum Gasteiger partial charge on any atom is 0.261 e. The normalized spacial score (nSPS) is 14.8. The van der Waals surface area contributed by atoms with E-state index in [0.29, 0.717) is 5.75 Å². The Hall–Kier alpha value is -3.38. The van der Waals surface area contributed by atoms with E-state index < -0.39 is 5.82 Å². The molecular weight excluding hydrogens is 419 g/mol. The lowest BCUT2D eigenvalue weighted by Gasteiger charge is -2.39. The highest BCUT2D eigenvalue weighted by molar-refractivity contribution is 6.06. The summed E-state index contributed by atoms with van der Waals surface area (Å²) in [5.41, 5.74) is 3.00. The van der Waals surface area contributed by atoms with Crippen molar-refractivity contribution in [3.63, 3.8) is 0 Å². The molecule has 0 unspecified atom stereocenters. The molecule has 0 aromatic heterocycles. The number of hydrogen-bond acceptors (Lipinski definition) is 4. The van der Waals surface area contributed by atoms with E-state index >= 15 is 0 Å². The molecule has 3 aromatic carbocycles. The van der Waals surface area contributed by atoms with E-state index in [1.807, 2.05) is 43.3 Å². The summed E-state index contributed by atoms with van der Waals surface area (Å²) in [5, 5.41) is 9.83. The standard InChI is InChI=1S/C27H29FN2O3/c1-19-6-5-7-22(16-19)30(27(32)23-8-3-4-9-24(23)28)21-12-14-29(15-13-21)18-20-10-11-25(31)26(17-20)33-2/h3-11,16-17,21,31H,12-15,18H2,1-2H3. The van der Waals surface area contributed by atoms with Gasteiger partial charge in [-0.05, 0) is 67.3 Å². The molecule has 0 saturated carbocycles. The third-order valence-corrected chi connectivity index (χ3v) is 6.18. The Kier molecular flexibility index (Phi) is 6.94. The monoisotopic (exact) mass is 448 g/mol. The van der Waals surface area contributed by atoms with Gasteiger partial charge in [0.25, 0.3) is 5.91 Å². The number of benzene rings is 3. The van der Waals surface area contributed by atoms with Gasteiger partial charge in [-0.25, -0.2) is 4.39 Å². The molecule has 0 atom stereocenters. The molecule has 1 N–H and O–H groups in total. The summed E-state index contributed by atoms with van der Waals surface area (Å²) in [6, 6.07) is 19.4. The van der Waals surface area contributed by atoms with Gasteiger partial charge in [0, 0.05) is 31.4 Å². The van der Waals surface area contributed by atoms with Gasteiger partial charge in [-0.3, -0.25) is 9.69 Å². The number of piperidine rings is 1. The molecule has 1 heterocycles. The minimum absolute atomic E-state index is 0.0236. The molecule has 1 amide bonds. The van der Waals surface area contributed by atoms with Crippen molar-refractivity contribution < 1.29 is 19.0 Å². The molecule has 1 saturated heterocycles. The van der Waals surface area contributed by atoms with Crippen molar-refractivity contribution >= 4 is 11.6 Å². The number of carbonyl (C=O) groups is 1. The number of anilines is 1. The molecule has 3 aromatic rings. The van der Waals surface area contributed by atoms with E-state index in [-0.39, 0.29) is 23.3 Å². The van der Waals surface area contributed by atoms with Gasteiger partial charge in [0.2, 0.25) is 0 Å². The third kappa shape index (κ3) is 5.17. The largest absolute Gasteiger partial charge is 0.504 e. The number of ether oxygens (including phenoxy) is 1. The first-order chi connectivity index (χ1) is 16.0. The number of nitrogens with zero attached hydrogens (tertiary/aromatic N) is 2. The third-order valence-electron chi connectivity index (χ3n) is 6.18. The Bertz CT molecular complexity index is 1130. The zero-order valence-electron chi connectivity index (χ0n) is 19.0. The fraction of sp³-hybridized carbons (Fsp3) is 0.296. The fourth-order valence-corrected chi connectivity index (χ4v) is 4.45. The lowest BCUT2D eigenvalue weighted by Crippen LogP contribution is -2.47. The molecule has 0 aliphatic carbocycles. The van der Waals surface area contributed by atoms with Crippen molar-refractivity contribution in [2.24, 2.45) is 0 Å². The summed E-state index contributed by atoms with van der Waals surface area (Å²) >= 11 is 0. The van der Waals surface area contributed by atoms with E-state index in [1.54, 1.807) is 29.2 Å². The van der Waals surface area contributed by atoms with Gasteiger partial charge in [0.1, 0.15) is 5.82 Å². The average Bonchev–Trinajstić information content (AvgIpc) is 2.82. The number of phenolic OH excluding ortho intramolecular Hbond substituents is 1.